The average Bonchev–Trinajstić information content (AvgIpc) is 2.85. The molecule has 0 aliphatic heterocycles. The summed E-state index contributed by atoms with van der Waals surface area (Å²) in [5.41, 5.74) is -0.302. The predicted octanol–water partition coefficient (Wildman–Crippen LogP) is 1.21. The van der Waals surface area contributed by atoms with Gasteiger partial charge in [0.05, 0.1) is 39.6 Å². The highest BCUT2D eigenvalue weighted by molar-refractivity contribution is 5.96. The summed E-state index contributed by atoms with van der Waals surface area (Å²) in [5.74, 6) is -5.29. The summed E-state index contributed by atoms with van der Waals surface area (Å²) in [6.45, 7) is 0. The second-order valence-electron chi connectivity index (χ2n) is 6.47. The van der Waals surface area contributed by atoms with Gasteiger partial charge in [0.25, 0.3) is 0 Å². The largest absolute Gasteiger partial charge is 0.504 e. The summed E-state index contributed by atoms with van der Waals surface area (Å²) in [6.07, 6.45) is -4.10. The molecule has 12 nitrogen and oxygen atoms in total. The number of hydrogen-bond acceptors (Lipinski definition) is 12. The molecule has 0 bridgehead atoms. The average molecular weight is 478 g/mol. The molecule has 2 rings (SSSR count). The van der Waals surface area contributed by atoms with Crippen molar-refractivity contribution in [1.82, 2.24) is 0 Å². The maximum atomic E-state index is 12.6. The molecule has 0 aliphatic rings. The Morgan fingerprint density at radius 1 is 0.647 bits per heavy atom. The van der Waals surface area contributed by atoms with E-state index < -0.39 is 36.1 Å². The van der Waals surface area contributed by atoms with Crippen LogP contribution in [0.4, 0.5) is 0 Å². The number of ether oxygens (including phenoxy) is 6. The number of carbonyl (C=O) groups excluding carboxylic acids is 4. The van der Waals surface area contributed by atoms with E-state index in [-0.39, 0.29) is 34.1 Å². The Balaban J connectivity index is 2.37. The van der Waals surface area contributed by atoms with Gasteiger partial charge in [0.2, 0.25) is 12.2 Å². The number of rotatable bonds is 9. The number of phenolic OH excluding ortho intramolecular Hbond substituents is 2. The molecule has 0 fully saturated rings. The van der Waals surface area contributed by atoms with Crippen molar-refractivity contribution in [2.45, 2.75) is 12.2 Å². The molecular weight excluding hydrogens is 456 g/mol. The van der Waals surface area contributed by atoms with Crippen LogP contribution in [0.15, 0.2) is 36.4 Å². The minimum Gasteiger partial charge on any atom is -0.504 e. The smallest absolute Gasteiger partial charge is 0.351 e. The molecule has 0 saturated carbocycles. The van der Waals surface area contributed by atoms with Gasteiger partial charge in [-0.25, -0.2) is 19.2 Å². The summed E-state index contributed by atoms with van der Waals surface area (Å²) in [6, 6.07) is 6.92. The van der Waals surface area contributed by atoms with Crippen LogP contribution in [0.1, 0.15) is 20.7 Å². The number of esters is 4. The van der Waals surface area contributed by atoms with E-state index in [0.29, 0.717) is 0 Å². The number of hydrogen-bond donors (Lipinski definition) is 2. The van der Waals surface area contributed by atoms with Gasteiger partial charge >= 0.3 is 23.9 Å². The van der Waals surface area contributed by atoms with E-state index in [4.69, 9.17) is 18.9 Å². The van der Waals surface area contributed by atoms with Gasteiger partial charge in [0, 0.05) is 0 Å². The molecule has 0 aliphatic carbocycles. The zero-order chi connectivity index (χ0) is 25.4. The molecule has 0 radical (unpaired) electrons. The third-order valence-corrected chi connectivity index (χ3v) is 4.44. The van der Waals surface area contributed by atoms with Crippen molar-refractivity contribution in [3.05, 3.63) is 47.5 Å². The quantitative estimate of drug-likeness (QED) is 0.392. The van der Waals surface area contributed by atoms with Crippen LogP contribution in [-0.2, 0) is 28.5 Å². The van der Waals surface area contributed by atoms with Crippen LogP contribution in [0.5, 0.6) is 23.0 Å². The van der Waals surface area contributed by atoms with Gasteiger partial charge in [-0.1, -0.05) is 0 Å². The van der Waals surface area contributed by atoms with Gasteiger partial charge in [0.15, 0.2) is 23.0 Å². The maximum absolute atomic E-state index is 12.6. The van der Waals surface area contributed by atoms with E-state index in [2.05, 4.69) is 9.47 Å². The first-order valence-corrected chi connectivity index (χ1v) is 9.48. The molecule has 2 atom stereocenters. The molecule has 0 aromatic heterocycles. The summed E-state index contributed by atoms with van der Waals surface area (Å²) < 4.78 is 29.3. The minimum atomic E-state index is -2.05. The van der Waals surface area contributed by atoms with Crippen LogP contribution in [0, 0.1) is 0 Å². The maximum Gasteiger partial charge on any atom is 0.351 e. The molecule has 34 heavy (non-hydrogen) atoms. The second kappa shape index (κ2) is 11.4. The number of carbonyl (C=O) groups is 4. The predicted molar refractivity (Wildman–Crippen MR) is 112 cm³/mol. The number of benzene rings is 2. The lowest BCUT2D eigenvalue weighted by Gasteiger charge is -2.23. The molecule has 182 valence electrons. The highest BCUT2D eigenvalue weighted by atomic mass is 16.6. The van der Waals surface area contributed by atoms with Gasteiger partial charge in [-0.3, -0.25) is 0 Å². The van der Waals surface area contributed by atoms with Crippen LogP contribution in [-0.4, -0.2) is 74.7 Å². The zero-order valence-electron chi connectivity index (χ0n) is 18.6. The Hall–Kier alpha value is -4.48. The topological polar surface area (TPSA) is 164 Å². The first-order valence-electron chi connectivity index (χ1n) is 9.48. The SMILES string of the molecule is COC(=O)[C@@H](OC(=O)c1ccc(O)c(OC)c1)[C@H](OC(=O)c1ccc(O)c(OC)c1)C(=O)OC. The number of aromatic hydroxyl groups is 2. The Morgan fingerprint density at radius 2 is 1.00 bits per heavy atom. The standard InChI is InChI=1S/C22H22O12/c1-29-15-9-11(5-7-13(15)23)19(25)33-17(21(27)31-3)18(22(28)32-4)34-20(26)12-6-8-14(24)16(10-12)30-2/h5-10,17-18,23-24H,1-4H3/t17-,18-/m0/s1. The summed E-state index contributed by atoms with van der Waals surface area (Å²) in [7, 11) is 4.44. The Morgan fingerprint density at radius 3 is 1.29 bits per heavy atom. The van der Waals surface area contributed by atoms with E-state index in [0.717, 1.165) is 38.5 Å². The fraction of sp³-hybridized carbons (Fsp3) is 0.273. The molecule has 0 heterocycles. The summed E-state index contributed by atoms with van der Waals surface area (Å²) >= 11 is 0. The highest BCUT2D eigenvalue weighted by Crippen LogP contribution is 2.28. The lowest BCUT2D eigenvalue weighted by Crippen LogP contribution is -2.47. The van der Waals surface area contributed by atoms with E-state index in [9.17, 15) is 29.4 Å². The van der Waals surface area contributed by atoms with Crippen LogP contribution in [0.25, 0.3) is 0 Å². The number of phenols is 2. The zero-order valence-corrected chi connectivity index (χ0v) is 18.6. The van der Waals surface area contributed by atoms with Crippen molar-refractivity contribution in [1.29, 1.82) is 0 Å². The Bertz CT molecular complexity index is 992. The Labute approximate surface area is 193 Å². The molecule has 0 spiro atoms. The van der Waals surface area contributed by atoms with Crippen molar-refractivity contribution in [2.24, 2.45) is 0 Å². The van der Waals surface area contributed by atoms with Crippen molar-refractivity contribution in [2.75, 3.05) is 28.4 Å². The third kappa shape index (κ3) is 5.85. The highest BCUT2D eigenvalue weighted by Gasteiger charge is 2.42. The van der Waals surface area contributed by atoms with Gasteiger partial charge in [-0.2, -0.15) is 0 Å². The molecule has 0 unspecified atom stereocenters. The van der Waals surface area contributed by atoms with Crippen LogP contribution < -0.4 is 9.47 Å². The van der Waals surface area contributed by atoms with Crippen molar-refractivity contribution in [3.63, 3.8) is 0 Å². The number of methoxy groups -OCH3 is 4. The van der Waals surface area contributed by atoms with E-state index in [1.165, 1.54) is 26.4 Å². The van der Waals surface area contributed by atoms with Crippen LogP contribution >= 0.6 is 0 Å². The molecule has 0 saturated heterocycles. The third-order valence-electron chi connectivity index (χ3n) is 4.44. The normalized spacial score (nSPS) is 12.0. The van der Waals surface area contributed by atoms with E-state index in [1.807, 2.05) is 0 Å². The van der Waals surface area contributed by atoms with Gasteiger partial charge in [0.1, 0.15) is 0 Å². The first-order chi connectivity index (χ1) is 16.2. The Kier molecular flexibility index (Phi) is 8.65. The molecule has 12 heteroatoms. The molecule has 0 amide bonds. The van der Waals surface area contributed by atoms with Gasteiger partial charge < -0.3 is 38.6 Å². The molecule has 2 aromatic rings. The van der Waals surface area contributed by atoms with E-state index in [1.54, 1.807) is 0 Å². The summed E-state index contributed by atoms with van der Waals surface area (Å²) in [5, 5.41) is 19.4. The first kappa shape index (κ1) is 25.8. The van der Waals surface area contributed by atoms with Crippen molar-refractivity contribution < 1.29 is 57.8 Å². The molecular formula is C22H22O12. The van der Waals surface area contributed by atoms with Gasteiger partial charge in [-0.15, -0.1) is 0 Å². The lowest BCUT2D eigenvalue weighted by atomic mass is 10.1. The lowest BCUT2D eigenvalue weighted by molar-refractivity contribution is -0.170. The second-order valence-corrected chi connectivity index (χ2v) is 6.47. The van der Waals surface area contributed by atoms with Crippen molar-refractivity contribution in [3.8, 4) is 23.0 Å². The van der Waals surface area contributed by atoms with Crippen LogP contribution in [0.3, 0.4) is 0 Å². The van der Waals surface area contributed by atoms with Crippen LogP contribution in [0.2, 0.25) is 0 Å². The molecule has 2 N–H and O–H groups in total. The fourth-order valence-electron chi connectivity index (χ4n) is 2.68. The monoisotopic (exact) mass is 478 g/mol. The summed E-state index contributed by atoms with van der Waals surface area (Å²) in [4.78, 5) is 50.0. The minimum absolute atomic E-state index is 0.0544. The molecule has 2 aromatic carbocycles. The van der Waals surface area contributed by atoms with Crippen molar-refractivity contribution >= 4 is 23.9 Å². The van der Waals surface area contributed by atoms with Gasteiger partial charge in [-0.05, 0) is 36.4 Å². The fourth-order valence-corrected chi connectivity index (χ4v) is 2.68. The van der Waals surface area contributed by atoms with E-state index >= 15 is 0 Å².